The Morgan fingerprint density at radius 1 is 0.920 bits per heavy atom. The molecule has 0 bridgehead atoms. The fraction of sp³-hybridized carbons (Fsp3) is 0.333. The first-order valence-corrected chi connectivity index (χ1v) is 8.14. The number of rotatable bonds is 9. The Labute approximate surface area is 153 Å². The van der Waals surface area contributed by atoms with Crippen molar-refractivity contribution >= 4 is 35.6 Å². The summed E-state index contributed by atoms with van der Waals surface area (Å²) >= 11 is 0. The molecule has 7 heteroatoms. The van der Waals surface area contributed by atoms with Crippen LogP contribution in [0, 0.1) is 0 Å². The van der Waals surface area contributed by atoms with Gasteiger partial charge >= 0.3 is 0 Å². The molecule has 0 saturated heterocycles. The standard InChI is InChI=1S/C18H23N3O3.ClH/c19-12-4-2-1-3-7-17(22)20-14-8-10-15(11-9-14)21-18(23)16-6-5-13-24-16;/h5-6,8-11,13H,1-4,7,12,19H2,(H,20,22)(H,21,23);1H. The third-order valence-corrected chi connectivity index (χ3v) is 3.53. The minimum absolute atomic E-state index is 0. The van der Waals surface area contributed by atoms with E-state index in [1.165, 1.54) is 6.26 Å². The average Bonchev–Trinajstić information content (AvgIpc) is 3.11. The summed E-state index contributed by atoms with van der Waals surface area (Å²) < 4.78 is 5.03. The number of hydrogen-bond acceptors (Lipinski definition) is 4. The van der Waals surface area contributed by atoms with Gasteiger partial charge in [-0.3, -0.25) is 9.59 Å². The van der Waals surface area contributed by atoms with E-state index in [-0.39, 0.29) is 30.0 Å². The van der Waals surface area contributed by atoms with Gasteiger partial charge < -0.3 is 20.8 Å². The summed E-state index contributed by atoms with van der Waals surface area (Å²) in [7, 11) is 0. The summed E-state index contributed by atoms with van der Waals surface area (Å²) in [6.07, 6.45) is 5.90. The van der Waals surface area contributed by atoms with Crippen LogP contribution >= 0.6 is 12.4 Å². The van der Waals surface area contributed by atoms with Crippen LogP contribution in [0.1, 0.15) is 42.7 Å². The van der Waals surface area contributed by atoms with E-state index in [1.54, 1.807) is 36.4 Å². The molecule has 0 aliphatic heterocycles. The van der Waals surface area contributed by atoms with Gasteiger partial charge in [0, 0.05) is 17.8 Å². The number of anilines is 2. The molecule has 1 aromatic heterocycles. The monoisotopic (exact) mass is 365 g/mol. The maximum Gasteiger partial charge on any atom is 0.291 e. The Bertz CT molecular complexity index is 642. The Hall–Kier alpha value is -2.31. The number of carbonyl (C=O) groups is 2. The Morgan fingerprint density at radius 2 is 1.56 bits per heavy atom. The first-order chi connectivity index (χ1) is 11.7. The lowest BCUT2D eigenvalue weighted by Gasteiger charge is -2.07. The van der Waals surface area contributed by atoms with Gasteiger partial charge in [0.25, 0.3) is 5.91 Å². The molecule has 0 atom stereocenters. The van der Waals surface area contributed by atoms with Gasteiger partial charge in [-0.1, -0.05) is 12.8 Å². The van der Waals surface area contributed by atoms with E-state index in [2.05, 4.69) is 10.6 Å². The van der Waals surface area contributed by atoms with E-state index in [0.717, 1.165) is 25.7 Å². The van der Waals surface area contributed by atoms with Gasteiger partial charge in [-0.15, -0.1) is 12.4 Å². The molecule has 0 radical (unpaired) electrons. The Morgan fingerprint density at radius 3 is 2.16 bits per heavy atom. The summed E-state index contributed by atoms with van der Waals surface area (Å²) in [5.41, 5.74) is 6.77. The van der Waals surface area contributed by atoms with Crippen molar-refractivity contribution in [2.24, 2.45) is 5.73 Å². The van der Waals surface area contributed by atoms with Crippen LogP contribution in [0.5, 0.6) is 0 Å². The van der Waals surface area contributed by atoms with Crippen LogP contribution in [0.2, 0.25) is 0 Å². The first kappa shape index (κ1) is 20.7. The molecule has 4 N–H and O–H groups in total. The van der Waals surface area contributed by atoms with Crippen LogP contribution in [0.15, 0.2) is 47.1 Å². The molecule has 0 aliphatic rings. The van der Waals surface area contributed by atoms with E-state index in [4.69, 9.17) is 10.2 Å². The molecule has 0 fully saturated rings. The van der Waals surface area contributed by atoms with Gasteiger partial charge in [0.05, 0.1) is 6.26 Å². The van der Waals surface area contributed by atoms with E-state index < -0.39 is 0 Å². The van der Waals surface area contributed by atoms with E-state index in [9.17, 15) is 9.59 Å². The molecule has 136 valence electrons. The highest BCUT2D eigenvalue weighted by Gasteiger charge is 2.08. The molecule has 0 unspecified atom stereocenters. The number of amides is 2. The fourth-order valence-electron chi connectivity index (χ4n) is 2.24. The van der Waals surface area contributed by atoms with E-state index in [1.807, 2.05) is 0 Å². The molecular formula is C18H24ClN3O3. The molecular weight excluding hydrogens is 342 g/mol. The van der Waals surface area contributed by atoms with Crippen molar-refractivity contribution in [1.82, 2.24) is 0 Å². The molecule has 0 saturated carbocycles. The maximum absolute atomic E-state index is 11.8. The number of carbonyl (C=O) groups excluding carboxylic acids is 2. The lowest BCUT2D eigenvalue weighted by Crippen LogP contribution is -2.12. The summed E-state index contributed by atoms with van der Waals surface area (Å²) in [5.74, 6) is -0.0635. The third kappa shape index (κ3) is 7.41. The summed E-state index contributed by atoms with van der Waals surface area (Å²) in [4.78, 5) is 23.7. The Kier molecular flexibility index (Phi) is 9.36. The first-order valence-electron chi connectivity index (χ1n) is 8.14. The third-order valence-electron chi connectivity index (χ3n) is 3.53. The average molecular weight is 366 g/mol. The van der Waals surface area contributed by atoms with E-state index >= 15 is 0 Å². The zero-order chi connectivity index (χ0) is 17.2. The topological polar surface area (TPSA) is 97.4 Å². The van der Waals surface area contributed by atoms with Crippen molar-refractivity contribution in [1.29, 1.82) is 0 Å². The van der Waals surface area contributed by atoms with Crippen LogP contribution in [0.25, 0.3) is 0 Å². The highest BCUT2D eigenvalue weighted by Crippen LogP contribution is 2.15. The van der Waals surface area contributed by atoms with Crippen LogP contribution in [0.3, 0.4) is 0 Å². The molecule has 2 rings (SSSR count). The van der Waals surface area contributed by atoms with Gasteiger partial charge in [0.2, 0.25) is 5.91 Å². The predicted octanol–water partition coefficient (Wildman–Crippen LogP) is 3.80. The van der Waals surface area contributed by atoms with Crippen LogP contribution in [0.4, 0.5) is 11.4 Å². The zero-order valence-electron chi connectivity index (χ0n) is 14.0. The second-order valence-corrected chi connectivity index (χ2v) is 5.51. The van der Waals surface area contributed by atoms with Gasteiger partial charge in [0.1, 0.15) is 0 Å². The summed E-state index contributed by atoms with van der Waals surface area (Å²) in [6, 6.07) is 10.2. The molecule has 0 spiro atoms. The SMILES string of the molecule is Cl.NCCCCCCC(=O)Nc1ccc(NC(=O)c2ccco2)cc1. The number of furan rings is 1. The number of hydrogen-bond donors (Lipinski definition) is 3. The molecule has 6 nitrogen and oxygen atoms in total. The lowest BCUT2D eigenvalue weighted by molar-refractivity contribution is -0.116. The maximum atomic E-state index is 11.8. The van der Waals surface area contributed by atoms with Gasteiger partial charge in [-0.05, 0) is 55.8 Å². The number of benzene rings is 1. The van der Waals surface area contributed by atoms with Crippen molar-refractivity contribution in [3.63, 3.8) is 0 Å². The van der Waals surface area contributed by atoms with Gasteiger partial charge in [0.15, 0.2) is 5.76 Å². The van der Waals surface area contributed by atoms with Crippen molar-refractivity contribution in [3.05, 3.63) is 48.4 Å². The van der Waals surface area contributed by atoms with Crippen molar-refractivity contribution < 1.29 is 14.0 Å². The largest absolute Gasteiger partial charge is 0.459 e. The molecule has 2 amide bonds. The normalized spacial score (nSPS) is 9.96. The molecule has 2 aromatic rings. The lowest BCUT2D eigenvalue weighted by atomic mass is 10.1. The van der Waals surface area contributed by atoms with Gasteiger partial charge in [-0.25, -0.2) is 0 Å². The van der Waals surface area contributed by atoms with Crippen molar-refractivity contribution in [2.75, 3.05) is 17.2 Å². The number of nitrogens with two attached hydrogens (primary N) is 1. The highest BCUT2D eigenvalue weighted by molar-refractivity contribution is 6.02. The van der Waals surface area contributed by atoms with Gasteiger partial charge in [-0.2, -0.15) is 0 Å². The van der Waals surface area contributed by atoms with Crippen molar-refractivity contribution in [3.8, 4) is 0 Å². The second kappa shape index (κ2) is 11.3. The minimum atomic E-state index is -0.311. The smallest absolute Gasteiger partial charge is 0.291 e. The molecule has 1 heterocycles. The minimum Gasteiger partial charge on any atom is -0.459 e. The summed E-state index contributed by atoms with van der Waals surface area (Å²) in [6.45, 7) is 0.703. The highest BCUT2D eigenvalue weighted by atomic mass is 35.5. The molecule has 1 aromatic carbocycles. The number of halogens is 1. The fourth-order valence-corrected chi connectivity index (χ4v) is 2.24. The molecule has 25 heavy (non-hydrogen) atoms. The zero-order valence-corrected chi connectivity index (χ0v) is 14.8. The van der Waals surface area contributed by atoms with Crippen molar-refractivity contribution in [2.45, 2.75) is 32.1 Å². The van der Waals surface area contributed by atoms with Crippen LogP contribution in [-0.2, 0) is 4.79 Å². The second-order valence-electron chi connectivity index (χ2n) is 5.51. The predicted molar refractivity (Wildman–Crippen MR) is 101 cm³/mol. The van der Waals surface area contributed by atoms with E-state index in [0.29, 0.717) is 24.3 Å². The molecule has 0 aliphatic carbocycles. The quantitative estimate of drug-likeness (QED) is 0.588. The Balaban J connectivity index is 0.00000312. The number of nitrogens with one attached hydrogen (secondary N) is 2. The van der Waals surface area contributed by atoms with Crippen LogP contribution in [-0.4, -0.2) is 18.4 Å². The number of unbranched alkanes of at least 4 members (excludes halogenated alkanes) is 3. The summed E-state index contributed by atoms with van der Waals surface area (Å²) in [5, 5.41) is 5.57. The van der Waals surface area contributed by atoms with Crippen LogP contribution < -0.4 is 16.4 Å².